The molecule has 8 atom stereocenters. The smallest absolute Gasteiger partial charge is 0.331 e. The van der Waals surface area contributed by atoms with E-state index in [-0.39, 0.29) is 29.1 Å². The highest BCUT2D eigenvalue weighted by molar-refractivity contribution is 5.85. The molecule has 1 aliphatic heterocycles. The van der Waals surface area contributed by atoms with Crippen molar-refractivity contribution < 1.29 is 39.1 Å². The van der Waals surface area contributed by atoms with Crippen molar-refractivity contribution in [1.29, 1.82) is 0 Å². The number of nitrogens with zero attached hydrogens (tertiary/aromatic N) is 1. The number of methoxy groups -OCH3 is 3. The molecule has 0 unspecified atom stereocenters. The van der Waals surface area contributed by atoms with Crippen LogP contribution >= 0.6 is 0 Å². The summed E-state index contributed by atoms with van der Waals surface area (Å²) in [4.78, 5) is 16.9. The van der Waals surface area contributed by atoms with Gasteiger partial charge in [0.15, 0.2) is 11.5 Å². The van der Waals surface area contributed by atoms with E-state index in [0.717, 1.165) is 30.4 Å². The maximum absolute atomic E-state index is 12.6. The summed E-state index contributed by atoms with van der Waals surface area (Å²) >= 11 is 0. The van der Waals surface area contributed by atoms with E-state index >= 15 is 0 Å². The zero-order valence-electron chi connectivity index (χ0n) is 25.2. The fourth-order valence-electron chi connectivity index (χ4n) is 9.90. The Morgan fingerprint density at radius 3 is 2.33 bits per heavy atom. The third kappa shape index (κ3) is 4.21. The van der Waals surface area contributed by atoms with Crippen LogP contribution < -0.4 is 14.2 Å². The summed E-state index contributed by atoms with van der Waals surface area (Å²) in [5, 5.41) is 35.5. The van der Waals surface area contributed by atoms with Gasteiger partial charge in [0.25, 0.3) is 0 Å². The molecule has 6 rings (SSSR count). The van der Waals surface area contributed by atoms with Gasteiger partial charge in [0.05, 0.1) is 45.2 Å². The average Bonchev–Trinajstić information content (AvgIpc) is 3.51. The van der Waals surface area contributed by atoms with Crippen molar-refractivity contribution in [2.45, 2.75) is 88.6 Å². The normalized spacial score (nSPS) is 41.0. The number of carbonyl (C=O) groups excluding carboxylic acids is 1. The molecule has 4 saturated carbocycles. The van der Waals surface area contributed by atoms with Crippen molar-refractivity contribution in [3.8, 4) is 17.2 Å². The van der Waals surface area contributed by atoms with E-state index in [4.69, 9.17) is 23.9 Å². The van der Waals surface area contributed by atoms with Gasteiger partial charge in [0, 0.05) is 29.5 Å². The molecule has 0 amide bonds. The Kier molecular flexibility index (Phi) is 7.38. The Morgan fingerprint density at radius 2 is 1.69 bits per heavy atom. The molecule has 4 aliphatic carbocycles. The maximum atomic E-state index is 12.6. The second-order valence-corrected chi connectivity index (χ2v) is 13.5. The number of aliphatic imine (C=N–C) groups is 1. The zero-order chi connectivity index (χ0) is 29.9. The first-order chi connectivity index (χ1) is 20.0. The first-order valence-electron chi connectivity index (χ1n) is 15.3. The van der Waals surface area contributed by atoms with Gasteiger partial charge >= 0.3 is 5.97 Å². The number of benzene rings is 1. The average molecular weight is 584 g/mol. The number of rotatable bonds is 7. The molecule has 9 nitrogen and oxygen atoms in total. The molecule has 0 bridgehead atoms. The first kappa shape index (κ1) is 29.5. The Bertz CT molecular complexity index is 1270. The third-order valence-corrected chi connectivity index (χ3v) is 12.0. The Balaban J connectivity index is 1.34. The molecule has 0 aromatic heterocycles. The van der Waals surface area contributed by atoms with Crippen LogP contribution in [0.15, 0.2) is 28.8 Å². The van der Waals surface area contributed by atoms with Crippen molar-refractivity contribution in [3.63, 3.8) is 0 Å². The molecule has 9 heteroatoms. The highest BCUT2D eigenvalue weighted by atomic mass is 16.5. The molecule has 0 saturated heterocycles. The van der Waals surface area contributed by atoms with Gasteiger partial charge in [0.1, 0.15) is 6.61 Å². The highest BCUT2D eigenvalue weighted by Crippen LogP contribution is 2.70. The van der Waals surface area contributed by atoms with Gasteiger partial charge in [-0.2, -0.15) is 0 Å². The van der Waals surface area contributed by atoms with Crippen LogP contribution in [0.2, 0.25) is 0 Å². The number of hydrogen-bond donors (Lipinski definition) is 3. The molecule has 4 fully saturated rings. The van der Waals surface area contributed by atoms with Crippen molar-refractivity contribution in [1.82, 2.24) is 0 Å². The van der Waals surface area contributed by atoms with E-state index in [1.165, 1.54) is 0 Å². The largest absolute Gasteiger partial charge is 0.493 e. The molecule has 3 N–H and O–H groups in total. The predicted molar refractivity (Wildman–Crippen MR) is 156 cm³/mol. The molecule has 230 valence electrons. The third-order valence-electron chi connectivity index (χ3n) is 12.0. The number of ether oxygens (including phenoxy) is 4. The van der Waals surface area contributed by atoms with Crippen LogP contribution in [0.25, 0.3) is 0 Å². The molecule has 0 radical (unpaired) electrons. The molecule has 1 aromatic carbocycles. The quantitative estimate of drug-likeness (QED) is 0.325. The van der Waals surface area contributed by atoms with Gasteiger partial charge < -0.3 is 34.3 Å². The van der Waals surface area contributed by atoms with Crippen LogP contribution in [0, 0.1) is 28.6 Å². The zero-order valence-corrected chi connectivity index (χ0v) is 25.2. The lowest BCUT2D eigenvalue weighted by molar-refractivity contribution is -0.237. The van der Waals surface area contributed by atoms with Gasteiger partial charge in [-0.05, 0) is 92.4 Å². The fourth-order valence-corrected chi connectivity index (χ4v) is 9.90. The van der Waals surface area contributed by atoms with E-state index in [1.807, 2.05) is 18.3 Å². The Labute approximate surface area is 247 Å². The van der Waals surface area contributed by atoms with Gasteiger partial charge in [0.2, 0.25) is 5.75 Å². The van der Waals surface area contributed by atoms with Crippen LogP contribution in [0.4, 0.5) is 0 Å². The van der Waals surface area contributed by atoms with Gasteiger partial charge in [-0.25, -0.2) is 4.79 Å². The molecule has 42 heavy (non-hydrogen) atoms. The lowest BCUT2D eigenvalue weighted by Gasteiger charge is -2.65. The van der Waals surface area contributed by atoms with Gasteiger partial charge in [-0.1, -0.05) is 6.92 Å². The van der Waals surface area contributed by atoms with E-state index in [2.05, 4.69) is 6.92 Å². The highest BCUT2D eigenvalue weighted by Gasteiger charge is 2.71. The fraction of sp³-hybridized carbons (Fsp3) is 0.697. The number of hydrogen-bond acceptors (Lipinski definition) is 9. The second kappa shape index (κ2) is 10.5. The predicted octanol–water partition coefficient (Wildman–Crippen LogP) is 4.00. The molecular weight excluding hydrogens is 538 g/mol. The second-order valence-electron chi connectivity index (χ2n) is 13.5. The van der Waals surface area contributed by atoms with Crippen LogP contribution in [0.1, 0.15) is 70.3 Å². The van der Waals surface area contributed by atoms with E-state index in [1.54, 1.807) is 27.4 Å². The molecule has 1 heterocycles. The number of aliphatic hydroxyl groups is 3. The number of carbonyl (C=O) groups is 1. The van der Waals surface area contributed by atoms with Crippen molar-refractivity contribution in [2.24, 2.45) is 33.6 Å². The summed E-state index contributed by atoms with van der Waals surface area (Å²) < 4.78 is 21.8. The van der Waals surface area contributed by atoms with Gasteiger partial charge in [-0.3, -0.25) is 4.99 Å². The van der Waals surface area contributed by atoms with Crippen LogP contribution in [-0.4, -0.2) is 72.7 Å². The lowest BCUT2D eigenvalue weighted by Crippen LogP contribution is -2.68. The minimum absolute atomic E-state index is 0.0111. The van der Waals surface area contributed by atoms with Gasteiger partial charge in [-0.15, -0.1) is 0 Å². The monoisotopic (exact) mass is 583 g/mol. The van der Waals surface area contributed by atoms with E-state index in [9.17, 15) is 20.1 Å². The minimum Gasteiger partial charge on any atom is -0.493 e. The van der Waals surface area contributed by atoms with Crippen molar-refractivity contribution in [3.05, 3.63) is 29.3 Å². The summed E-state index contributed by atoms with van der Waals surface area (Å²) in [6, 6.07) is 3.77. The lowest BCUT2D eigenvalue weighted by atomic mass is 9.41. The summed E-state index contributed by atoms with van der Waals surface area (Å²) in [5.74, 6) is 1.48. The first-order valence-corrected chi connectivity index (χ1v) is 15.3. The topological polar surface area (TPSA) is 127 Å². The summed E-state index contributed by atoms with van der Waals surface area (Å²) in [6.45, 7) is 2.88. The number of esters is 1. The number of aliphatic hydroxyl groups excluding tert-OH is 1. The Hall–Kier alpha value is -2.62. The Morgan fingerprint density at radius 1 is 0.976 bits per heavy atom. The molecular formula is C33H45NO8. The molecule has 5 aliphatic rings. The summed E-state index contributed by atoms with van der Waals surface area (Å²) in [5.41, 5.74) is -1.14. The SMILES string of the molecule is COc1cc(CN=C[C@]23CC[C@@H](O)C[C@@]2(O)CC[C@@H]2[C@@H]3CC[C@]3(C)[C@@H](C4=CC(=O)OC4)CC[C@@]23O)cc(OC)c1OC. The van der Waals surface area contributed by atoms with Crippen LogP contribution in [0.5, 0.6) is 17.2 Å². The van der Waals surface area contributed by atoms with Crippen LogP contribution in [0.3, 0.4) is 0 Å². The molecule has 1 aromatic rings. The molecule has 0 spiro atoms. The van der Waals surface area contributed by atoms with Crippen molar-refractivity contribution >= 4 is 12.2 Å². The van der Waals surface area contributed by atoms with E-state index in [0.29, 0.717) is 68.9 Å². The van der Waals surface area contributed by atoms with Crippen molar-refractivity contribution in [2.75, 3.05) is 27.9 Å². The standard InChI is InChI=1S/C33H45NO8/c1-30-9-6-24-25(33(30,38)12-8-23(30)21-15-28(36)42-18-21)7-11-32(37)16-22(35)5-10-31(24,32)19-34-17-20-13-26(39-2)29(41-4)27(14-20)40-3/h13-15,19,22-25,35,37-38H,5-12,16-18H2,1-4H3/t22-,23-,24+,25-,30-,31+,32+,33-/m1/s1. The maximum Gasteiger partial charge on any atom is 0.331 e. The van der Waals surface area contributed by atoms with Crippen LogP contribution in [-0.2, 0) is 16.1 Å². The minimum atomic E-state index is -1.10. The summed E-state index contributed by atoms with van der Waals surface area (Å²) in [6.07, 6.45) is 8.92. The number of fused-ring (bicyclic) bond motifs is 5. The number of cyclic esters (lactones) is 1. The van der Waals surface area contributed by atoms with E-state index < -0.39 is 22.7 Å². The summed E-state index contributed by atoms with van der Waals surface area (Å²) in [7, 11) is 4.74.